The fraction of sp³-hybridized carbons (Fsp3) is 1.00. The molecular formula is C12H22O10. The molecule has 10 nitrogen and oxygen atoms in total. The summed E-state index contributed by atoms with van der Waals surface area (Å²) in [7, 11) is 0. The fourth-order valence-corrected chi connectivity index (χ4v) is 2.50. The number of hydrogen-bond acceptors (Lipinski definition) is 10. The van der Waals surface area contributed by atoms with Crippen LogP contribution in [0, 0.1) is 0 Å². The maximum Gasteiger partial charge on any atom is 0.187 e. The van der Waals surface area contributed by atoms with Gasteiger partial charge < -0.3 is 50.0 Å². The van der Waals surface area contributed by atoms with Crippen LogP contribution in [0.5, 0.6) is 0 Å². The quantitative estimate of drug-likeness (QED) is 0.268. The number of aliphatic hydroxyl groups excluding tert-OH is 7. The van der Waals surface area contributed by atoms with Gasteiger partial charge in [0.15, 0.2) is 12.6 Å². The Kier molecular flexibility index (Phi) is 6.07. The molecule has 0 aromatic rings. The summed E-state index contributed by atoms with van der Waals surface area (Å²) in [6.07, 6.45) is -12.0. The Labute approximate surface area is 126 Å². The summed E-state index contributed by atoms with van der Waals surface area (Å²) < 4.78 is 15.4. The Bertz CT molecular complexity index is 353. The van der Waals surface area contributed by atoms with Crippen molar-refractivity contribution in [1.82, 2.24) is 0 Å². The summed E-state index contributed by atoms with van der Waals surface area (Å²) in [6.45, 7) is -1.09. The second kappa shape index (κ2) is 7.45. The van der Waals surface area contributed by atoms with Gasteiger partial charge in [0.25, 0.3) is 0 Å². The second-order valence-corrected chi connectivity index (χ2v) is 5.42. The van der Waals surface area contributed by atoms with E-state index in [0.29, 0.717) is 0 Å². The minimum absolute atomic E-state index is 0.0958. The molecule has 0 aliphatic carbocycles. The molecule has 22 heavy (non-hydrogen) atoms. The molecule has 7 N–H and O–H groups in total. The van der Waals surface area contributed by atoms with E-state index in [1.165, 1.54) is 0 Å². The van der Waals surface area contributed by atoms with Gasteiger partial charge in [-0.2, -0.15) is 0 Å². The zero-order valence-corrected chi connectivity index (χ0v) is 11.7. The van der Waals surface area contributed by atoms with Gasteiger partial charge in [-0.15, -0.1) is 0 Å². The van der Waals surface area contributed by atoms with Crippen molar-refractivity contribution >= 4 is 0 Å². The van der Waals surface area contributed by atoms with E-state index in [4.69, 9.17) is 24.4 Å². The summed E-state index contributed by atoms with van der Waals surface area (Å²) in [5, 5.41) is 66.7. The topological polar surface area (TPSA) is 169 Å². The van der Waals surface area contributed by atoms with Crippen LogP contribution in [0.1, 0.15) is 6.42 Å². The van der Waals surface area contributed by atoms with Crippen LogP contribution < -0.4 is 0 Å². The highest BCUT2D eigenvalue weighted by molar-refractivity contribution is 4.90. The first-order valence-electron chi connectivity index (χ1n) is 6.97. The molecule has 0 aromatic heterocycles. The van der Waals surface area contributed by atoms with Crippen molar-refractivity contribution in [3.8, 4) is 0 Å². The van der Waals surface area contributed by atoms with E-state index in [-0.39, 0.29) is 6.42 Å². The number of rotatable bonds is 4. The lowest BCUT2D eigenvalue weighted by atomic mass is 9.98. The van der Waals surface area contributed by atoms with Crippen LogP contribution in [0.4, 0.5) is 0 Å². The van der Waals surface area contributed by atoms with Crippen LogP contribution in [0.3, 0.4) is 0 Å². The molecule has 0 unspecified atom stereocenters. The molecule has 2 saturated heterocycles. The number of hydrogen-bond donors (Lipinski definition) is 7. The van der Waals surface area contributed by atoms with E-state index in [0.717, 1.165) is 0 Å². The molecule has 0 radical (unpaired) electrons. The lowest BCUT2D eigenvalue weighted by Crippen LogP contribution is -2.61. The minimum atomic E-state index is -1.61. The van der Waals surface area contributed by atoms with E-state index >= 15 is 0 Å². The maximum atomic E-state index is 9.84. The van der Waals surface area contributed by atoms with Gasteiger partial charge in [0.2, 0.25) is 0 Å². The summed E-state index contributed by atoms with van der Waals surface area (Å²) in [6, 6.07) is 0. The number of aliphatic hydroxyl groups is 7. The zero-order valence-electron chi connectivity index (χ0n) is 11.7. The van der Waals surface area contributed by atoms with Crippen LogP contribution in [0.25, 0.3) is 0 Å². The zero-order chi connectivity index (χ0) is 16.4. The normalized spacial score (nSPS) is 50.0. The molecule has 2 aliphatic heterocycles. The lowest BCUT2D eigenvalue weighted by molar-refractivity contribution is -0.345. The van der Waals surface area contributed by atoms with Crippen molar-refractivity contribution < 1.29 is 50.0 Å². The molecule has 2 aliphatic rings. The molecule has 2 rings (SSSR count). The fourth-order valence-electron chi connectivity index (χ4n) is 2.50. The van der Waals surface area contributed by atoms with E-state index in [9.17, 15) is 25.5 Å². The van der Waals surface area contributed by atoms with Crippen LogP contribution in [-0.2, 0) is 14.2 Å². The Morgan fingerprint density at radius 3 is 2.05 bits per heavy atom. The predicted molar refractivity (Wildman–Crippen MR) is 67.2 cm³/mol. The summed E-state index contributed by atoms with van der Waals surface area (Å²) in [5.41, 5.74) is 0. The predicted octanol–water partition coefficient (Wildman–Crippen LogP) is -4.37. The van der Waals surface area contributed by atoms with Crippen molar-refractivity contribution in [2.45, 2.75) is 61.7 Å². The SMILES string of the molecule is OC[C@H]1O[C@@H](O[C@@H]2C[C@H](O)[C@@H](CO)O[C@H]2O)[C@H](O)[C@@H](O)[C@@H]1O. The van der Waals surface area contributed by atoms with Gasteiger partial charge in [0.1, 0.15) is 36.6 Å². The molecule has 10 heteroatoms. The molecule has 130 valence electrons. The third-order valence-electron chi connectivity index (χ3n) is 3.87. The van der Waals surface area contributed by atoms with Crippen LogP contribution in [0.15, 0.2) is 0 Å². The van der Waals surface area contributed by atoms with Crippen molar-refractivity contribution in [2.75, 3.05) is 13.2 Å². The van der Waals surface area contributed by atoms with Crippen LogP contribution in [0.2, 0.25) is 0 Å². The Balaban J connectivity index is 2.00. The summed E-state index contributed by atoms with van der Waals surface area (Å²) in [4.78, 5) is 0. The van der Waals surface area contributed by atoms with Crippen LogP contribution in [-0.4, -0.2) is 104 Å². The smallest absolute Gasteiger partial charge is 0.187 e. The lowest BCUT2D eigenvalue weighted by Gasteiger charge is -2.43. The molecule has 0 saturated carbocycles. The van der Waals surface area contributed by atoms with Crippen molar-refractivity contribution in [2.24, 2.45) is 0 Å². The highest BCUT2D eigenvalue weighted by Crippen LogP contribution is 2.27. The average molecular weight is 326 g/mol. The van der Waals surface area contributed by atoms with E-state index in [1.54, 1.807) is 0 Å². The first-order valence-corrected chi connectivity index (χ1v) is 6.97. The third-order valence-corrected chi connectivity index (χ3v) is 3.87. The van der Waals surface area contributed by atoms with Crippen molar-refractivity contribution in [1.29, 1.82) is 0 Å². The van der Waals surface area contributed by atoms with E-state index in [1.807, 2.05) is 0 Å². The Morgan fingerprint density at radius 1 is 0.818 bits per heavy atom. The molecule has 0 spiro atoms. The average Bonchev–Trinajstić information content (AvgIpc) is 2.50. The van der Waals surface area contributed by atoms with Gasteiger partial charge in [-0.1, -0.05) is 0 Å². The van der Waals surface area contributed by atoms with Gasteiger partial charge in [0, 0.05) is 6.42 Å². The Morgan fingerprint density at radius 2 is 1.45 bits per heavy atom. The highest BCUT2D eigenvalue weighted by Gasteiger charge is 2.47. The summed E-state index contributed by atoms with van der Waals surface area (Å²) in [5.74, 6) is 0. The first kappa shape index (κ1) is 17.9. The molecule has 0 amide bonds. The molecular weight excluding hydrogens is 304 g/mol. The van der Waals surface area contributed by atoms with Gasteiger partial charge >= 0.3 is 0 Å². The van der Waals surface area contributed by atoms with Gasteiger partial charge in [-0.25, -0.2) is 0 Å². The monoisotopic (exact) mass is 326 g/mol. The summed E-state index contributed by atoms with van der Waals surface area (Å²) >= 11 is 0. The highest BCUT2D eigenvalue weighted by atomic mass is 16.7. The standard InChI is InChI=1S/C12H22O10/c13-2-6-4(15)1-5(11(19)20-6)21-12-10(18)9(17)8(16)7(3-14)22-12/h4-19H,1-3H2/t4-,5+,6+,7+,8+,9-,10+,11+,12+/m0/s1. The largest absolute Gasteiger partial charge is 0.394 e. The molecule has 2 heterocycles. The van der Waals surface area contributed by atoms with Crippen LogP contribution >= 0.6 is 0 Å². The molecule has 0 aromatic carbocycles. The maximum absolute atomic E-state index is 9.84. The first-order chi connectivity index (χ1) is 10.4. The Hall–Kier alpha value is -0.400. The minimum Gasteiger partial charge on any atom is -0.394 e. The number of ether oxygens (including phenoxy) is 3. The van der Waals surface area contributed by atoms with Gasteiger partial charge in [-0.05, 0) is 0 Å². The molecule has 0 bridgehead atoms. The van der Waals surface area contributed by atoms with Gasteiger partial charge in [-0.3, -0.25) is 0 Å². The van der Waals surface area contributed by atoms with Crippen molar-refractivity contribution in [3.05, 3.63) is 0 Å². The van der Waals surface area contributed by atoms with Crippen molar-refractivity contribution in [3.63, 3.8) is 0 Å². The third kappa shape index (κ3) is 3.57. The second-order valence-electron chi connectivity index (χ2n) is 5.42. The molecule has 9 atom stereocenters. The van der Waals surface area contributed by atoms with E-state index < -0.39 is 68.5 Å². The van der Waals surface area contributed by atoms with Gasteiger partial charge in [0.05, 0.1) is 19.3 Å². The molecule has 2 fully saturated rings. The van der Waals surface area contributed by atoms with E-state index in [2.05, 4.69) is 0 Å².